The minimum absolute atomic E-state index is 0.0975. The smallest absolute Gasteiger partial charge is 0.332 e. The summed E-state index contributed by atoms with van der Waals surface area (Å²) in [4.78, 5) is 10.4. The molecule has 0 aliphatic rings. The molecule has 0 heterocycles. The van der Waals surface area contributed by atoms with Gasteiger partial charge in [-0.25, -0.2) is 9.52 Å². The molecule has 0 amide bonds. The molecule has 0 aromatic carbocycles. The molecule has 1 unspecified atom stereocenters. The molecule has 7 nitrogen and oxygen atoms in total. The van der Waals surface area contributed by atoms with E-state index in [-0.39, 0.29) is 13.0 Å². The highest BCUT2D eigenvalue weighted by Gasteiger charge is 2.21. The number of carboxylic acid groups (broad SMARTS) is 1. The van der Waals surface area contributed by atoms with E-state index in [1.165, 1.54) is 4.31 Å². The van der Waals surface area contributed by atoms with Crippen LogP contribution in [0.2, 0.25) is 0 Å². The van der Waals surface area contributed by atoms with E-state index in [0.29, 0.717) is 25.9 Å². The van der Waals surface area contributed by atoms with Crippen molar-refractivity contribution in [1.29, 1.82) is 0 Å². The van der Waals surface area contributed by atoms with Crippen molar-refractivity contribution in [1.82, 2.24) is 9.03 Å². The Labute approximate surface area is 108 Å². The van der Waals surface area contributed by atoms with E-state index in [9.17, 15) is 13.2 Å². The van der Waals surface area contributed by atoms with Crippen LogP contribution in [0, 0.1) is 0 Å². The lowest BCUT2D eigenvalue weighted by Crippen LogP contribution is -2.42. The fourth-order valence-electron chi connectivity index (χ4n) is 1.39. The molecule has 0 spiro atoms. The van der Waals surface area contributed by atoms with Crippen LogP contribution in [-0.2, 0) is 15.0 Å². The number of aliphatic hydroxyl groups is 1. The topological polar surface area (TPSA) is 107 Å². The van der Waals surface area contributed by atoms with Gasteiger partial charge in [0.05, 0.1) is 0 Å². The Hall–Kier alpha value is -0.700. The van der Waals surface area contributed by atoms with Crippen LogP contribution in [0.15, 0.2) is 0 Å². The van der Waals surface area contributed by atoms with E-state index < -0.39 is 22.3 Å². The second kappa shape index (κ2) is 8.41. The SMILES string of the molecule is CCCN(CCC)S(=O)(=O)NCCC(O)C(=O)O. The lowest BCUT2D eigenvalue weighted by molar-refractivity contribution is -0.146. The van der Waals surface area contributed by atoms with Crippen LogP contribution in [0.5, 0.6) is 0 Å². The Morgan fingerprint density at radius 1 is 1.28 bits per heavy atom. The minimum atomic E-state index is -3.59. The molecule has 1 atom stereocenters. The summed E-state index contributed by atoms with van der Waals surface area (Å²) in [5, 5.41) is 17.5. The maximum atomic E-state index is 11.8. The van der Waals surface area contributed by atoms with Crippen LogP contribution >= 0.6 is 0 Å². The van der Waals surface area contributed by atoms with Gasteiger partial charge in [-0.3, -0.25) is 0 Å². The van der Waals surface area contributed by atoms with Crippen LogP contribution in [0.4, 0.5) is 0 Å². The average Bonchev–Trinajstić information content (AvgIpc) is 2.28. The van der Waals surface area contributed by atoms with Crippen molar-refractivity contribution in [3.63, 3.8) is 0 Å². The number of carbonyl (C=O) groups is 1. The molecular formula is C10H22N2O5S. The van der Waals surface area contributed by atoms with Gasteiger partial charge < -0.3 is 10.2 Å². The maximum absolute atomic E-state index is 11.8. The second-order valence-corrected chi connectivity index (χ2v) is 5.70. The molecule has 0 bridgehead atoms. The predicted octanol–water partition coefficient (Wildman–Crippen LogP) is -0.222. The van der Waals surface area contributed by atoms with Gasteiger partial charge in [0.1, 0.15) is 0 Å². The lowest BCUT2D eigenvalue weighted by atomic mass is 10.3. The van der Waals surface area contributed by atoms with Crippen LogP contribution in [0.1, 0.15) is 33.1 Å². The van der Waals surface area contributed by atoms with E-state index in [2.05, 4.69) is 4.72 Å². The predicted molar refractivity (Wildman–Crippen MR) is 67.3 cm³/mol. The number of nitrogens with one attached hydrogen (secondary N) is 1. The van der Waals surface area contributed by atoms with E-state index in [1.54, 1.807) is 0 Å². The summed E-state index contributed by atoms with van der Waals surface area (Å²) in [6.45, 7) is 4.51. The van der Waals surface area contributed by atoms with Gasteiger partial charge in [-0.05, 0) is 19.3 Å². The van der Waals surface area contributed by atoms with Crippen molar-refractivity contribution in [2.75, 3.05) is 19.6 Å². The van der Waals surface area contributed by atoms with Crippen molar-refractivity contribution >= 4 is 16.2 Å². The zero-order chi connectivity index (χ0) is 14.2. The number of aliphatic carboxylic acids is 1. The van der Waals surface area contributed by atoms with Crippen LogP contribution in [-0.4, -0.2) is 54.6 Å². The first-order valence-electron chi connectivity index (χ1n) is 6.00. The van der Waals surface area contributed by atoms with Gasteiger partial charge in [0.15, 0.2) is 6.10 Å². The van der Waals surface area contributed by atoms with Crippen LogP contribution in [0.3, 0.4) is 0 Å². The monoisotopic (exact) mass is 282 g/mol. The summed E-state index contributed by atoms with van der Waals surface area (Å²) >= 11 is 0. The molecule has 0 aliphatic heterocycles. The fraction of sp³-hybridized carbons (Fsp3) is 0.900. The highest BCUT2D eigenvalue weighted by atomic mass is 32.2. The Morgan fingerprint density at radius 2 is 1.78 bits per heavy atom. The zero-order valence-corrected chi connectivity index (χ0v) is 11.6. The van der Waals surface area contributed by atoms with E-state index in [1.807, 2.05) is 13.8 Å². The highest BCUT2D eigenvalue weighted by Crippen LogP contribution is 2.02. The summed E-state index contributed by atoms with van der Waals surface area (Å²) in [7, 11) is -3.59. The second-order valence-electron chi connectivity index (χ2n) is 3.94. The van der Waals surface area contributed by atoms with Crippen molar-refractivity contribution in [2.24, 2.45) is 0 Å². The van der Waals surface area contributed by atoms with Crippen molar-refractivity contribution in [3.8, 4) is 0 Å². The summed E-state index contributed by atoms with van der Waals surface area (Å²) in [6.07, 6.45) is -0.281. The number of aliphatic hydroxyl groups excluding tert-OH is 1. The Balaban J connectivity index is 4.31. The molecule has 3 N–H and O–H groups in total. The largest absolute Gasteiger partial charge is 0.479 e. The summed E-state index contributed by atoms with van der Waals surface area (Å²) in [5.74, 6) is -1.35. The molecule has 108 valence electrons. The number of rotatable bonds is 10. The highest BCUT2D eigenvalue weighted by molar-refractivity contribution is 7.87. The Kier molecular flexibility index (Phi) is 8.08. The van der Waals surface area contributed by atoms with Crippen LogP contribution in [0.25, 0.3) is 0 Å². The zero-order valence-electron chi connectivity index (χ0n) is 10.8. The quantitative estimate of drug-likeness (QED) is 0.513. The van der Waals surface area contributed by atoms with Gasteiger partial charge in [-0.1, -0.05) is 13.8 Å². The van der Waals surface area contributed by atoms with Gasteiger partial charge in [-0.15, -0.1) is 0 Å². The first-order valence-corrected chi connectivity index (χ1v) is 7.44. The molecule has 0 aliphatic carbocycles. The third kappa shape index (κ3) is 6.29. The number of carboxylic acids is 1. The van der Waals surface area contributed by atoms with Gasteiger partial charge in [0, 0.05) is 19.6 Å². The lowest BCUT2D eigenvalue weighted by Gasteiger charge is -2.21. The molecule has 0 aromatic heterocycles. The van der Waals surface area contributed by atoms with E-state index in [4.69, 9.17) is 10.2 Å². The Bertz CT molecular complexity index is 338. The van der Waals surface area contributed by atoms with Gasteiger partial charge >= 0.3 is 5.97 Å². The molecule has 18 heavy (non-hydrogen) atoms. The molecule has 0 fully saturated rings. The van der Waals surface area contributed by atoms with E-state index >= 15 is 0 Å². The van der Waals surface area contributed by atoms with Gasteiger partial charge in [0.25, 0.3) is 10.2 Å². The standard InChI is InChI=1S/C10H22N2O5S/c1-3-7-12(8-4-2)18(16,17)11-6-5-9(13)10(14)15/h9,11,13H,3-8H2,1-2H3,(H,14,15). The Morgan fingerprint density at radius 3 is 2.17 bits per heavy atom. The summed E-state index contributed by atoms with van der Waals surface area (Å²) in [5.41, 5.74) is 0. The minimum Gasteiger partial charge on any atom is -0.479 e. The van der Waals surface area contributed by atoms with Crippen molar-refractivity contribution in [2.45, 2.75) is 39.2 Å². The normalized spacial score (nSPS) is 13.8. The van der Waals surface area contributed by atoms with E-state index in [0.717, 1.165) is 0 Å². The molecule has 0 rings (SSSR count). The molecule has 0 radical (unpaired) electrons. The first-order chi connectivity index (χ1) is 8.35. The van der Waals surface area contributed by atoms with Crippen LogP contribution < -0.4 is 4.72 Å². The third-order valence-corrected chi connectivity index (χ3v) is 3.89. The fourth-order valence-corrected chi connectivity index (χ4v) is 2.79. The molecule has 0 aromatic rings. The third-order valence-electron chi connectivity index (χ3n) is 2.27. The van der Waals surface area contributed by atoms with Crippen molar-refractivity contribution in [3.05, 3.63) is 0 Å². The summed E-state index contributed by atoms with van der Waals surface area (Å²) < 4.78 is 27.3. The van der Waals surface area contributed by atoms with Gasteiger partial charge in [-0.2, -0.15) is 12.7 Å². The molecule has 8 heteroatoms. The van der Waals surface area contributed by atoms with Crippen molar-refractivity contribution < 1.29 is 23.4 Å². The maximum Gasteiger partial charge on any atom is 0.332 e. The molecule has 0 saturated heterocycles. The molecule has 0 saturated carbocycles. The number of nitrogens with zero attached hydrogens (tertiary/aromatic N) is 1. The molecular weight excluding hydrogens is 260 g/mol. The average molecular weight is 282 g/mol. The number of hydrogen-bond acceptors (Lipinski definition) is 4. The van der Waals surface area contributed by atoms with Gasteiger partial charge in [0.2, 0.25) is 0 Å². The summed E-state index contributed by atoms with van der Waals surface area (Å²) in [6, 6.07) is 0. The first kappa shape index (κ1) is 17.3. The number of hydrogen-bond donors (Lipinski definition) is 3.